The number of aliphatic hydroxyl groups is 2. The monoisotopic (exact) mass is 533 g/mol. The van der Waals surface area contributed by atoms with E-state index in [9.17, 15) is 10.2 Å². The molecule has 2 fully saturated rings. The molecule has 0 amide bonds. The highest BCUT2D eigenvalue weighted by Crippen LogP contribution is 2.41. The molecule has 0 radical (unpaired) electrons. The highest BCUT2D eigenvalue weighted by Gasteiger charge is 2.35. The first-order valence-electron chi connectivity index (χ1n) is 13.7. The summed E-state index contributed by atoms with van der Waals surface area (Å²) in [6.07, 6.45) is 9.32. The van der Waals surface area contributed by atoms with Gasteiger partial charge in [0.15, 0.2) is 0 Å². The first kappa shape index (κ1) is 26.0. The van der Waals surface area contributed by atoms with Crippen molar-refractivity contribution in [3.8, 4) is 11.3 Å². The fourth-order valence-electron chi connectivity index (χ4n) is 6.50. The van der Waals surface area contributed by atoms with E-state index in [1.54, 1.807) is 29.0 Å². The molecule has 0 spiro atoms. The second kappa shape index (κ2) is 10.0. The van der Waals surface area contributed by atoms with Crippen LogP contribution in [0.25, 0.3) is 16.8 Å². The Hall–Kier alpha value is -3.27. The number of rotatable bonds is 5. The van der Waals surface area contributed by atoms with Crippen molar-refractivity contribution >= 4 is 5.52 Å². The van der Waals surface area contributed by atoms with Gasteiger partial charge in [0.1, 0.15) is 17.5 Å². The van der Waals surface area contributed by atoms with E-state index >= 15 is 8.78 Å². The highest BCUT2D eigenvalue weighted by atomic mass is 19.1. The Morgan fingerprint density at radius 2 is 1.82 bits per heavy atom. The van der Waals surface area contributed by atoms with Crippen molar-refractivity contribution in [1.29, 1.82) is 0 Å². The van der Waals surface area contributed by atoms with Crippen LogP contribution in [0.4, 0.5) is 8.78 Å². The van der Waals surface area contributed by atoms with Crippen LogP contribution in [-0.2, 0) is 12.0 Å². The molecule has 0 unspecified atom stereocenters. The summed E-state index contributed by atoms with van der Waals surface area (Å²) >= 11 is 0. The Bertz CT molecular complexity index is 1480. The van der Waals surface area contributed by atoms with Gasteiger partial charge in [0.2, 0.25) is 0 Å². The number of pyridine rings is 1. The second-order valence-electron chi connectivity index (χ2n) is 11.3. The molecule has 39 heavy (non-hydrogen) atoms. The Morgan fingerprint density at radius 1 is 1.08 bits per heavy atom. The number of nitrogens with two attached hydrogens (primary N) is 1. The maximum atomic E-state index is 15.3. The summed E-state index contributed by atoms with van der Waals surface area (Å²) in [7, 11) is 0. The zero-order valence-corrected chi connectivity index (χ0v) is 21.9. The third-order valence-corrected chi connectivity index (χ3v) is 8.69. The van der Waals surface area contributed by atoms with Crippen molar-refractivity contribution in [2.45, 2.75) is 75.5 Å². The summed E-state index contributed by atoms with van der Waals surface area (Å²) in [5, 5.41) is 25.7. The summed E-state index contributed by atoms with van der Waals surface area (Å²) < 4.78 is 32.2. The Balaban J connectivity index is 1.33. The number of hydrogen-bond donors (Lipinski definition) is 3. The average Bonchev–Trinajstić information content (AvgIpc) is 3.54. The molecule has 9 heteroatoms. The van der Waals surface area contributed by atoms with Crippen LogP contribution in [0, 0.1) is 17.6 Å². The second-order valence-corrected chi connectivity index (χ2v) is 11.3. The molecule has 3 heterocycles. The van der Waals surface area contributed by atoms with Crippen LogP contribution in [0.5, 0.6) is 0 Å². The molecule has 1 aromatic carbocycles. The summed E-state index contributed by atoms with van der Waals surface area (Å²) in [4.78, 5) is 8.89. The van der Waals surface area contributed by atoms with Crippen LogP contribution in [0.1, 0.15) is 73.9 Å². The fraction of sp³-hybridized carbons (Fsp3) is 0.433. The van der Waals surface area contributed by atoms with E-state index in [4.69, 9.17) is 5.73 Å². The minimum atomic E-state index is -1.19. The van der Waals surface area contributed by atoms with Gasteiger partial charge in [0.25, 0.3) is 0 Å². The minimum Gasteiger partial charge on any atom is -0.391 e. The number of hydrogen-bond acceptors (Lipinski definition) is 6. The lowest BCUT2D eigenvalue weighted by Crippen LogP contribution is -2.44. The Labute approximate surface area is 225 Å². The van der Waals surface area contributed by atoms with Gasteiger partial charge in [0.05, 0.1) is 34.7 Å². The number of nitrogens with zero attached hydrogens (tertiary/aromatic N) is 4. The van der Waals surface area contributed by atoms with E-state index in [1.807, 2.05) is 19.2 Å². The van der Waals surface area contributed by atoms with Crippen molar-refractivity contribution in [3.05, 3.63) is 83.1 Å². The normalized spacial score (nSPS) is 24.9. The van der Waals surface area contributed by atoms with E-state index in [0.29, 0.717) is 37.0 Å². The summed E-state index contributed by atoms with van der Waals surface area (Å²) in [5.74, 6) is -0.618. The topological polar surface area (TPSA) is 110 Å². The number of fused-ring (bicyclic) bond motifs is 1. The number of aromatic nitrogens is 4. The summed E-state index contributed by atoms with van der Waals surface area (Å²) in [6.45, 7) is 2.02. The number of aliphatic hydroxyl groups excluding tert-OH is 1. The average molecular weight is 534 g/mol. The molecule has 4 aromatic rings. The van der Waals surface area contributed by atoms with Crippen molar-refractivity contribution < 1.29 is 19.0 Å². The van der Waals surface area contributed by atoms with Crippen LogP contribution in [0.15, 0.2) is 48.9 Å². The smallest absolute Gasteiger partial charge is 0.136 e. The predicted molar refractivity (Wildman–Crippen MR) is 143 cm³/mol. The van der Waals surface area contributed by atoms with Crippen LogP contribution >= 0.6 is 0 Å². The SMILES string of the molecule is C[C@H]1C[C@@H](c2ccncc2Cc2ncc3ccc(-c4c(F)cc(C5(O)CCCC5)cc4F)nn23)C[C@@H](N)[C@@H]1O. The maximum Gasteiger partial charge on any atom is 0.136 e. The first-order valence-corrected chi connectivity index (χ1v) is 13.7. The van der Waals surface area contributed by atoms with Gasteiger partial charge < -0.3 is 15.9 Å². The lowest BCUT2D eigenvalue weighted by Gasteiger charge is -2.36. The van der Waals surface area contributed by atoms with Crippen LogP contribution in [0.2, 0.25) is 0 Å². The van der Waals surface area contributed by atoms with Gasteiger partial charge in [-0.3, -0.25) is 4.98 Å². The molecule has 204 valence electrons. The zero-order valence-electron chi connectivity index (χ0n) is 21.9. The van der Waals surface area contributed by atoms with Crippen molar-refractivity contribution in [2.24, 2.45) is 11.7 Å². The predicted octanol–water partition coefficient (Wildman–Crippen LogP) is 4.62. The van der Waals surface area contributed by atoms with Gasteiger partial charge in [-0.25, -0.2) is 18.3 Å². The van der Waals surface area contributed by atoms with E-state index in [-0.39, 0.29) is 34.7 Å². The number of halogens is 2. The van der Waals surface area contributed by atoms with E-state index in [0.717, 1.165) is 30.4 Å². The molecule has 4 atom stereocenters. The largest absolute Gasteiger partial charge is 0.391 e. The quantitative estimate of drug-likeness (QED) is 0.345. The van der Waals surface area contributed by atoms with Crippen molar-refractivity contribution in [3.63, 3.8) is 0 Å². The van der Waals surface area contributed by atoms with E-state index in [2.05, 4.69) is 15.1 Å². The molecule has 2 aliphatic rings. The molecular formula is C30H33F2N5O2. The van der Waals surface area contributed by atoms with Crippen molar-refractivity contribution in [1.82, 2.24) is 19.6 Å². The van der Waals surface area contributed by atoms with Gasteiger partial charge in [-0.05, 0) is 84.5 Å². The van der Waals surface area contributed by atoms with Gasteiger partial charge in [-0.15, -0.1) is 0 Å². The fourth-order valence-corrected chi connectivity index (χ4v) is 6.50. The Morgan fingerprint density at radius 3 is 2.54 bits per heavy atom. The van der Waals surface area contributed by atoms with Crippen LogP contribution in [-0.4, -0.2) is 41.9 Å². The zero-order chi connectivity index (χ0) is 27.3. The molecule has 0 bridgehead atoms. The summed E-state index contributed by atoms with van der Waals surface area (Å²) in [5.41, 5.74) is 8.04. The van der Waals surface area contributed by atoms with Gasteiger partial charge in [0, 0.05) is 24.9 Å². The molecular weight excluding hydrogens is 500 g/mol. The van der Waals surface area contributed by atoms with E-state index < -0.39 is 23.3 Å². The standard InChI is InChI=1S/C30H33F2N5O2/c1-17-10-18(11-25(33)29(17)38)22-6-9-34-15-19(22)12-27-35-16-21-4-5-26(36-37(21)27)28-23(31)13-20(14-24(28)32)30(39)7-2-3-8-30/h4-6,9,13-18,25,29,38-39H,2-3,7-8,10-12,33H2,1H3/t17-,18+,25+,29+/m0/s1. The first-order chi connectivity index (χ1) is 18.7. The van der Waals surface area contributed by atoms with Gasteiger partial charge in [-0.1, -0.05) is 19.8 Å². The Kier molecular flexibility index (Phi) is 6.69. The molecule has 2 aliphatic carbocycles. The third kappa shape index (κ3) is 4.73. The molecule has 0 saturated heterocycles. The van der Waals surface area contributed by atoms with Gasteiger partial charge >= 0.3 is 0 Å². The molecule has 2 saturated carbocycles. The van der Waals surface area contributed by atoms with Crippen LogP contribution in [0.3, 0.4) is 0 Å². The molecule has 0 aliphatic heterocycles. The number of benzene rings is 1. The lowest BCUT2D eigenvalue weighted by atomic mass is 9.74. The molecule has 7 nitrogen and oxygen atoms in total. The minimum absolute atomic E-state index is 0.0850. The number of imidazole rings is 1. The molecule has 3 aromatic heterocycles. The van der Waals surface area contributed by atoms with E-state index in [1.165, 1.54) is 12.1 Å². The van der Waals surface area contributed by atoms with Crippen LogP contribution < -0.4 is 5.73 Å². The highest BCUT2D eigenvalue weighted by molar-refractivity contribution is 5.63. The maximum absolute atomic E-state index is 15.3. The van der Waals surface area contributed by atoms with Crippen molar-refractivity contribution in [2.75, 3.05) is 0 Å². The third-order valence-electron chi connectivity index (χ3n) is 8.69. The van der Waals surface area contributed by atoms with Gasteiger partial charge in [-0.2, -0.15) is 5.10 Å². The lowest BCUT2D eigenvalue weighted by molar-refractivity contribution is 0.0438. The molecule has 4 N–H and O–H groups in total. The molecule has 6 rings (SSSR count). The summed E-state index contributed by atoms with van der Waals surface area (Å²) in [6, 6.07) is 7.50.